The van der Waals surface area contributed by atoms with E-state index in [-0.39, 0.29) is 16.0 Å². The quantitative estimate of drug-likeness (QED) is 0.489. The Balaban J connectivity index is 1.69. The third kappa shape index (κ3) is 5.38. The van der Waals surface area contributed by atoms with Crippen LogP contribution in [-0.2, 0) is 10.0 Å². The van der Waals surface area contributed by atoms with Gasteiger partial charge in [-0.2, -0.15) is 0 Å². The lowest BCUT2D eigenvalue weighted by Gasteiger charge is -2.11. The number of methoxy groups -OCH3 is 1. The molecule has 0 saturated heterocycles. The van der Waals surface area contributed by atoms with Crippen molar-refractivity contribution >= 4 is 27.5 Å². The van der Waals surface area contributed by atoms with E-state index in [0.717, 1.165) is 18.2 Å². The number of hydrazine groups is 1. The van der Waals surface area contributed by atoms with E-state index in [9.17, 15) is 26.8 Å². The number of carbonyl (C=O) groups excluding carboxylic acids is 2. The molecule has 0 unspecified atom stereocenters. The molecule has 3 aromatic rings. The number of nitrogens with one attached hydrogen (secondary N) is 3. The van der Waals surface area contributed by atoms with E-state index in [4.69, 9.17) is 4.74 Å². The minimum absolute atomic E-state index is 0.0619. The predicted molar refractivity (Wildman–Crippen MR) is 112 cm³/mol. The van der Waals surface area contributed by atoms with Gasteiger partial charge >= 0.3 is 0 Å². The van der Waals surface area contributed by atoms with Crippen molar-refractivity contribution in [1.82, 2.24) is 10.9 Å². The van der Waals surface area contributed by atoms with Gasteiger partial charge in [-0.1, -0.05) is 6.07 Å². The van der Waals surface area contributed by atoms with Gasteiger partial charge in [-0.15, -0.1) is 0 Å². The number of benzene rings is 3. The first-order valence-corrected chi connectivity index (χ1v) is 10.5. The average molecular weight is 461 g/mol. The van der Waals surface area contributed by atoms with E-state index >= 15 is 0 Å². The lowest BCUT2D eigenvalue weighted by atomic mass is 10.2. The number of carbonyl (C=O) groups is 2. The van der Waals surface area contributed by atoms with Crippen LogP contribution in [0.25, 0.3) is 0 Å². The molecule has 3 rings (SSSR count). The summed E-state index contributed by atoms with van der Waals surface area (Å²) in [6, 6.07) is 13.8. The molecule has 0 aromatic heterocycles. The Morgan fingerprint density at radius 1 is 0.812 bits per heavy atom. The van der Waals surface area contributed by atoms with E-state index in [1.165, 1.54) is 37.4 Å². The maximum Gasteiger partial charge on any atom is 0.269 e. The van der Waals surface area contributed by atoms with Gasteiger partial charge in [0.05, 0.1) is 12.0 Å². The maximum absolute atomic E-state index is 13.2. The van der Waals surface area contributed by atoms with Crippen molar-refractivity contribution in [2.24, 2.45) is 0 Å². The second-order valence-corrected chi connectivity index (χ2v) is 8.08. The molecule has 0 aliphatic carbocycles. The highest BCUT2D eigenvalue weighted by molar-refractivity contribution is 7.92. The fraction of sp³-hybridized carbons (Fsp3) is 0.0476. The van der Waals surface area contributed by atoms with Crippen LogP contribution in [-0.4, -0.2) is 27.3 Å². The second-order valence-electron chi connectivity index (χ2n) is 6.40. The third-order valence-electron chi connectivity index (χ3n) is 4.22. The molecule has 3 aromatic carbocycles. The molecule has 3 N–H and O–H groups in total. The van der Waals surface area contributed by atoms with Gasteiger partial charge in [0.25, 0.3) is 21.8 Å². The van der Waals surface area contributed by atoms with Crippen molar-refractivity contribution < 1.29 is 31.5 Å². The molecular formula is C21H17F2N3O5S. The van der Waals surface area contributed by atoms with E-state index in [0.29, 0.717) is 17.5 Å². The SMILES string of the molecule is COc1ccc(NS(=O)(=O)c2cccc(C(=O)NNC(=O)c3ccc(F)c(F)c3)c2)cc1. The normalized spacial score (nSPS) is 10.8. The minimum Gasteiger partial charge on any atom is -0.497 e. The molecule has 32 heavy (non-hydrogen) atoms. The summed E-state index contributed by atoms with van der Waals surface area (Å²) in [7, 11) is -2.53. The molecule has 0 bridgehead atoms. The third-order valence-corrected chi connectivity index (χ3v) is 5.60. The fourth-order valence-corrected chi connectivity index (χ4v) is 3.68. The Labute approximate surface area is 182 Å². The van der Waals surface area contributed by atoms with Crippen LogP contribution in [0.1, 0.15) is 20.7 Å². The summed E-state index contributed by atoms with van der Waals surface area (Å²) in [5, 5.41) is 0. The Morgan fingerprint density at radius 3 is 2.03 bits per heavy atom. The summed E-state index contributed by atoms with van der Waals surface area (Å²) < 4.78 is 58.9. The van der Waals surface area contributed by atoms with Crippen molar-refractivity contribution in [2.45, 2.75) is 4.90 Å². The number of amides is 2. The molecular weight excluding hydrogens is 444 g/mol. The highest BCUT2D eigenvalue weighted by Crippen LogP contribution is 2.20. The lowest BCUT2D eigenvalue weighted by molar-refractivity contribution is 0.0846. The number of hydrogen-bond acceptors (Lipinski definition) is 5. The summed E-state index contributed by atoms with van der Waals surface area (Å²) in [6.07, 6.45) is 0. The zero-order chi connectivity index (χ0) is 23.3. The lowest BCUT2D eigenvalue weighted by Crippen LogP contribution is -2.41. The van der Waals surface area contributed by atoms with Gasteiger partial charge in [0.15, 0.2) is 11.6 Å². The Kier molecular flexibility index (Phi) is 6.69. The molecule has 0 heterocycles. The Morgan fingerprint density at radius 2 is 1.44 bits per heavy atom. The molecule has 0 aliphatic rings. The smallest absolute Gasteiger partial charge is 0.269 e. The van der Waals surface area contributed by atoms with Crippen LogP contribution >= 0.6 is 0 Å². The van der Waals surface area contributed by atoms with E-state index in [1.807, 2.05) is 5.43 Å². The molecule has 0 aliphatic heterocycles. The molecule has 8 nitrogen and oxygen atoms in total. The predicted octanol–water partition coefficient (Wildman–Crippen LogP) is 2.85. The highest BCUT2D eigenvalue weighted by Gasteiger charge is 2.17. The summed E-state index contributed by atoms with van der Waals surface area (Å²) in [5.41, 5.74) is 4.15. The number of ether oxygens (including phenoxy) is 1. The zero-order valence-corrected chi connectivity index (χ0v) is 17.4. The molecule has 0 radical (unpaired) electrons. The second kappa shape index (κ2) is 9.43. The molecule has 11 heteroatoms. The fourth-order valence-electron chi connectivity index (χ4n) is 2.57. The van der Waals surface area contributed by atoms with Crippen LogP contribution in [0.5, 0.6) is 5.75 Å². The average Bonchev–Trinajstić information content (AvgIpc) is 2.79. The maximum atomic E-state index is 13.2. The van der Waals surface area contributed by atoms with E-state index < -0.39 is 33.5 Å². The standard InChI is InChI=1S/C21H17F2N3O5S/c1-31-16-8-6-15(7-9-16)26-32(29,30)17-4-2-3-13(11-17)20(27)24-25-21(28)14-5-10-18(22)19(23)12-14/h2-12,26H,1H3,(H,24,27)(H,25,28). The number of hydrogen-bond donors (Lipinski definition) is 3. The molecule has 0 spiro atoms. The number of rotatable bonds is 6. The monoisotopic (exact) mass is 461 g/mol. The first-order valence-electron chi connectivity index (χ1n) is 9.02. The molecule has 0 atom stereocenters. The Bertz CT molecular complexity index is 1260. The summed E-state index contributed by atoms with van der Waals surface area (Å²) in [5.74, 6) is -3.49. The highest BCUT2D eigenvalue weighted by atomic mass is 32.2. The Hall–Kier alpha value is -3.99. The van der Waals surface area contributed by atoms with Gasteiger partial charge in [0, 0.05) is 16.8 Å². The van der Waals surface area contributed by atoms with Gasteiger partial charge in [-0.25, -0.2) is 17.2 Å². The zero-order valence-electron chi connectivity index (χ0n) is 16.6. The minimum atomic E-state index is -4.01. The largest absolute Gasteiger partial charge is 0.497 e. The van der Waals surface area contributed by atoms with Gasteiger partial charge in [0.2, 0.25) is 0 Å². The molecule has 0 fully saturated rings. The first-order chi connectivity index (χ1) is 15.2. The van der Waals surface area contributed by atoms with Crippen molar-refractivity contribution in [1.29, 1.82) is 0 Å². The summed E-state index contributed by atoms with van der Waals surface area (Å²) in [6.45, 7) is 0. The van der Waals surface area contributed by atoms with Crippen LogP contribution in [0, 0.1) is 11.6 Å². The van der Waals surface area contributed by atoms with Crippen molar-refractivity contribution in [3.05, 3.63) is 89.5 Å². The molecule has 2 amide bonds. The van der Waals surface area contributed by atoms with Crippen LogP contribution in [0.4, 0.5) is 14.5 Å². The van der Waals surface area contributed by atoms with Gasteiger partial charge in [-0.05, 0) is 60.7 Å². The first kappa shape index (κ1) is 22.7. The van der Waals surface area contributed by atoms with Crippen molar-refractivity contribution in [2.75, 3.05) is 11.8 Å². The topological polar surface area (TPSA) is 114 Å². The molecule has 166 valence electrons. The molecule has 0 saturated carbocycles. The van der Waals surface area contributed by atoms with Gasteiger partial charge in [-0.3, -0.25) is 25.2 Å². The van der Waals surface area contributed by atoms with Crippen LogP contribution in [0.15, 0.2) is 71.6 Å². The summed E-state index contributed by atoms with van der Waals surface area (Å²) in [4.78, 5) is 24.1. The van der Waals surface area contributed by atoms with Crippen LogP contribution < -0.4 is 20.3 Å². The van der Waals surface area contributed by atoms with E-state index in [2.05, 4.69) is 10.1 Å². The van der Waals surface area contributed by atoms with Crippen LogP contribution in [0.2, 0.25) is 0 Å². The van der Waals surface area contributed by atoms with Gasteiger partial charge in [0.1, 0.15) is 5.75 Å². The number of sulfonamides is 1. The van der Waals surface area contributed by atoms with Crippen LogP contribution in [0.3, 0.4) is 0 Å². The van der Waals surface area contributed by atoms with Crippen molar-refractivity contribution in [3.63, 3.8) is 0 Å². The van der Waals surface area contributed by atoms with E-state index in [1.54, 1.807) is 12.1 Å². The van der Waals surface area contributed by atoms with Crippen molar-refractivity contribution in [3.8, 4) is 5.75 Å². The van der Waals surface area contributed by atoms with Gasteiger partial charge < -0.3 is 4.74 Å². The summed E-state index contributed by atoms with van der Waals surface area (Å²) >= 11 is 0. The number of anilines is 1. The number of halogens is 2.